The fourth-order valence-electron chi connectivity index (χ4n) is 1.68. The number of hydrogen-bond donors (Lipinski definition) is 0. The highest BCUT2D eigenvalue weighted by Crippen LogP contribution is 2.22. The quantitative estimate of drug-likeness (QED) is 0.766. The van der Waals surface area contributed by atoms with Crippen molar-refractivity contribution in [3.05, 3.63) is 59.7 Å². The number of hydrogen-bond acceptors (Lipinski definition) is 4. The molecule has 0 aliphatic carbocycles. The van der Waals surface area contributed by atoms with Crippen LogP contribution in [-0.2, 0) is 5.75 Å². The molecule has 0 fully saturated rings. The molecule has 0 saturated carbocycles. The Morgan fingerprint density at radius 1 is 0.900 bits per heavy atom. The van der Waals surface area contributed by atoms with E-state index in [2.05, 4.69) is 12.1 Å². The Kier molecular flexibility index (Phi) is 5.44. The zero-order valence-corrected chi connectivity index (χ0v) is 13.1. The molecule has 2 rings (SSSR count). The van der Waals surface area contributed by atoms with Crippen molar-refractivity contribution in [2.75, 3.05) is 14.2 Å². The molecule has 0 amide bonds. The lowest BCUT2D eigenvalue weighted by molar-refractivity contribution is 0.414. The summed E-state index contributed by atoms with van der Waals surface area (Å²) in [5, 5.41) is 0. The predicted octanol–water partition coefficient (Wildman–Crippen LogP) is 4.31. The molecular weight excluding hydrogens is 288 g/mol. The maximum Gasteiger partial charge on any atom is 0.118 e. The van der Waals surface area contributed by atoms with Crippen LogP contribution in [0.25, 0.3) is 0 Å². The van der Waals surface area contributed by atoms with Crippen LogP contribution < -0.4 is 9.47 Å². The van der Waals surface area contributed by atoms with Gasteiger partial charge in [0.25, 0.3) is 0 Å². The van der Waals surface area contributed by atoms with Crippen molar-refractivity contribution in [2.45, 2.75) is 5.75 Å². The molecule has 20 heavy (non-hydrogen) atoms. The molecule has 0 N–H and O–H groups in total. The molecule has 0 aromatic heterocycles. The molecule has 0 aliphatic rings. The number of rotatable bonds is 5. The van der Waals surface area contributed by atoms with E-state index < -0.39 is 0 Å². The van der Waals surface area contributed by atoms with Crippen LogP contribution in [0.4, 0.5) is 0 Å². The molecule has 2 nitrogen and oxygen atoms in total. The second-order valence-electron chi connectivity index (χ2n) is 4.15. The van der Waals surface area contributed by atoms with E-state index in [-0.39, 0.29) is 0 Å². The van der Waals surface area contributed by atoms with E-state index in [9.17, 15) is 0 Å². The predicted molar refractivity (Wildman–Crippen MR) is 89.0 cm³/mol. The topological polar surface area (TPSA) is 18.5 Å². The first kappa shape index (κ1) is 14.9. The molecule has 0 heterocycles. The minimum Gasteiger partial charge on any atom is -0.497 e. The second kappa shape index (κ2) is 7.31. The summed E-state index contributed by atoms with van der Waals surface area (Å²) in [6, 6.07) is 15.9. The van der Waals surface area contributed by atoms with Gasteiger partial charge >= 0.3 is 0 Å². The van der Waals surface area contributed by atoms with Crippen molar-refractivity contribution in [1.82, 2.24) is 0 Å². The molecule has 0 atom stereocenters. The van der Waals surface area contributed by atoms with Gasteiger partial charge in [-0.15, -0.1) is 11.8 Å². The SMILES string of the molecule is COc1ccc(CSC(=S)c2ccc(OC)cc2)cc1. The normalized spacial score (nSPS) is 10.1. The van der Waals surface area contributed by atoms with Crippen LogP contribution in [0.3, 0.4) is 0 Å². The largest absolute Gasteiger partial charge is 0.497 e. The molecule has 0 saturated heterocycles. The van der Waals surface area contributed by atoms with Gasteiger partial charge in [0, 0.05) is 5.75 Å². The summed E-state index contributed by atoms with van der Waals surface area (Å²) in [6.07, 6.45) is 0. The zero-order valence-electron chi connectivity index (χ0n) is 11.5. The number of thioether (sulfide) groups is 1. The minimum atomic E-state index is 0.844. The van der Waals surface area contributed by atoms with E-state index >= 15 is 0 Å². The lowest BCUT2D eigenvalue weighted by Crippen LogP contribution is -1.93. The molecule has 4 heteroatoms. The van der Waals surface area contributed by atoms with Gasteiger partial charge in [-0.2, -0.15) is 0 Å². The summed E-state index contributed by atoms with van der Waals surface area (Å²) in [4.78, 5) is 0. The number of thiocarbonyl (C=S) groups is 1. The molecule has 2 aromatic rings. The van der Waals surface area contributed by atoms with E-state index in [0.29, 0.717) is 0 Å². The van der Waals surface area contributed by atoms with Gasteiger partial charge in [0.2, 0.25) is 0 Å². The third-order valence-electron chi connectivity index (χ3n) is 2.85. The van der Waals surface area contributed by atoms with Crippen LogP contribution >= 0.6 is 24.0 Å². The Hall–Kier alpha value is -1.52. The summed E-state index contributed by atoms with van der Waals surface area (Å²) in [5.41, 5.74) is 2.28. The van der Waals surface area contributed by atoms with Gasteiger partial charge in [-0.1, -0.05) is 24.4 Å². The lowest BCUT2D eigenvalue weighted by Gasteiger charge is -2.06. The Labute approximate surface area is 129 Å². The average molecular weight is 304 g/mol. The van der Waals surface area contributed by atoms with Crippen molar-refractivity contribution in [1.29, 1.82) is 0 Å². The molecular formula is C16H16O2S2. The molecule has 0 bridgehead atoms. The third-order valence-corrected chi connectivity index (χ3v) is 4.42. The number of methoxy groups -OCH3 is 2. The Morgan fingerprint density at radius 2 is 1.40 bits per heavy atom. The highest BCUT2D eigenvalue weighted by atomic mass is 32.2. The van der Waals surface area contributed by atoms with Crippen LogP contribution in [-0.4, -0.2) is 18.4 Å². The van der Waals surface area contributed by atoms with Crippen LogP contribution in [0.5, 0.6) is 11.5 Å². The maximum atomic E-state index is 5.45. The van der Waals surface area contributed by atoms with Crippen LogP contribution in [0.1, 0.15) is 11.1 Å². The van der Waals surface area contributed by atoms with Gasteiger partial charge in [0.15, 0.2) is 0 Å². The molecule has 0 aliphatic heterocycles. The Morgan fingerprint density at radius 3 is 1.90 bits per heavy atom. The van der Waals surface area contributed by atoms with Crippen molar-refractivity contribution in [2.24, 2.45) is 0 Å². The van der Waals surface area contributed by atoms with Crippen molar-refractivity contribution in [3.63, 3.8) is 0 Å². The van der Waals surface area contributed by atoms with Crippen molar-refractivity contribution >= 4 is 28.2 Å². The Bertz CT molecular complexity index is 562. The molecule has 0 radical (unpaired) electrons. The summed E-state index contributed by atoms with van der Waals surface area (Å²) in [5.74, 6) is 2.57. The summed E-state index contributed by atoms with van der Waals surface area (Å²) >= 11 is 7.10. The Balaban J connectivity index is 1.93. The fourth-order valence-corrected chi connectivity index (χ4v) is 2.79. The highest BCUT2D eigenvalue weighted by Gasteiger charge is 2.03. The summed E-state index contributed by atoms with van der Waals surface area (Å²) in [7, 11) is 3.33. The van der Waals surface area contributed by atoms with Gasteiger partial charge in [0.1, 0.15) is 11.5 Å². The second-order valence-corrected chi connectivity index (χ2v) is 5.80. The van der Waals surface area contributed by atoms with Gasteiger partial charge in [-0.3, -0.25) is 0 Å². The average Bonchev–Trinajstić information content (AvgIpc) is 2.53. The summed E-state index contributed by atoms with van der Waals surface area (Å²) in [6.45, 7) is 0. The molecule has 0 unspecified atom stereocenters. The first-order valence-electron chi connectivity index (χ1n) is 6.17. The van der Waals surface area contributed by atoms with Crippen molar-refractivity contribution in [3.8, 4) is 11.5 Å². The standard InChI is InChI=1S/C16H16O2S2/c1-17-14-7-3-12(4-8-14)11-20-16(19)13-5-9-15(18-2)10-6-13/h3-10H,11H2,1-2H3. The van der Waals surface area contributed by atoms with E-state index in [1.807, 2.05) is 36.4 Å². The van der Waals surface area contributed by atoms with E-state index in [1.54, 1.807) is 26.0 Å². The molecule has 104 valence electrons. The van der Waals surface area contributed by atoms with Crippen LogP contribution in [0, 0.1) is 0 Å². The smallest absolute Gasteiger partial charge is 0.118 e. The monoisotopic (exact) mass is 304 g/mol. The van der Waals surface area contributed by atoms with Gasteiger partial charge < -0.3 is 9.47 Å². The fraction of sp³-hybridized carbons (Fsp3) is 0.188. The molecule has 2 aromatic carbocycles. The van der Waals surface area contributed by atoms with Crippen molar-refractivity contribution < 1.29 is 9.47 Å². The van der Waals surface area contributed by atoms with E-state index in [0.717, 1.165) is 27.0 Å². The zero-order chi connectivity index (χ0) is 14.4. The first-order valence-corrected chi connectivity index (χ1v) is 7.56. The number of benzene rings is 2. The van der Waals surface area contributed by atoms with Gasteiger partial charge in [0.05, 0.1) is 18.4 Å². The minimum absolute atomic E-state index is 0.844. The van der Waals surface area contributed by atoms with Crippen LogP contribution in [0.15, 0.2) is 48.5 Å². The lowest BCUT2D eigenvalue weighted by atomic mass is 10.2. The van der Waals surface area contributed by atoms with Gasteiger partial charge in [-0.25, -0.2) is 0 Å². The number of ether oxygens (including phenoxy) is 2. The third kappa shape index (κ3) is 3.99. The van der Waals surface area contributed by atoms with Gasteiger partial charge in [-0.05, 0) is 47.5 Å². The van der Waals surface area contributed by atoms with Crippen LogP contribution in [0.2, 0.25) is 0 Å². The van der Waals surface area contributed by atoms with E-state index in [4.69, 9.17) is 21.7 Å². The molecule has 0 spiro atoms. The first-order chi connectivity index (χ1) is 9.72. The maximum absolute atomic E-state index is 5.45. The highest BCUT2D eigenvalue weighted by molar-refractivity contribution is 8.23. The summed E-state index contributed by atoms with van der Waals surface area (Å²) < 4.78 is 11.2. The van der Waals surface area contributed by atoms with E-state index in [1.165, 1.54) is 5.56 Å².